The maximum absolute atomic E-state index is 12.7. The van der Waals surface area contributed by atoms with Crippen LogP contribution in [-0.2, 0) is 9.59 Å². The molecule has 1 aliphatic heterocycles. The number of para-hydroxylation sites is 1. The van der Waals surface area contributed by atoms with Crippen molar-refractivity contribution in [3.05, 3.63) is 59.7 Å². The number of nitrogens with one attached hydrogen (secondary N) is 1. The molecule has 148 valence electrons. The molecular weight excluding hydrogens is 348 g/mol. The van der Waals surface area contributed by atoms with Crippen molar-refractivity contribution in [2.75, 3.05) is 16.8 Å². The Bertz CT molecular complexity index is 842. The summed E-state index contributed by atoms with van der Waals surface area (Å²) in [5.41, 5.74) is 4.13. The summed E-state index contributed by atoms with van der Waals surface area (Å²) in [6, 6.07) is 16.0. The first-order chi connectivity index (χ1) is 13.4. The molecule has 0 saturated carbocycles. The average Bonchev–Trinajstić information content (AvgIpc) is 3.09. The number of rotatable bonds is 6. The van der Waals surface area contributed by atoms with Gasteiger partial charge in [0.15, 0.2) is 0 Å². The van der Waals surface area contributed by atoms with Crippen LogP contribution in [0.15, 0.2) is 48.5 Å². The van der Waals surface area contributed by atoms with E-state index in [1.807, 2.05) is 42.5 Å². The van der Waals surface area contributed by atoms with Gasteiger partial charge in [0.1, 0.15) is 0 Å². The lowest BCUT2D eigenvalue weighted by molar-refractivity contribution is -0.122. The fourth-order valence-corrected chi connectivity index (χ4v) is 3.68. The van der Waals surface area contributed by atoms with Gasteiger partial charge in [-0.2, -0.15) is 0 Å². The van der Waals surface area contributed by atoms with Crippen molar-refractivity contribution in [3.63, 3.8) is 0 Å². The molecule has 1 fully saturated rings. The van der Waals surface area contributed by atoms with E-state index in [-0.39, 0.29) is 24.2 Å². The molecule has 2 atom stereocenters. The highest BCUT2D eigenvalue weighted by Crippen LogP contribution is 2.33. The van der Waals surface area contributed by atoms with Gasteiger partial charge in [-0.3, -0.25) is 9.59 Å². The molecule has 0 bridgehead atoms. The van der Waals surface area contributed by atoms with Gasteiger partial charge in [-0.25, -0.2) is 0 Å². The van der Waals surface area contributed by atoms with E-state index in [4.69, 9.17) is 0 Å². The van der Waals surface area contributed by atoms with Crippen LogP contribution in [0.5, 0.6) is 0 Å². The monoisotopic (exact) mass is 378 g/mol. The van der Waals surface area contributed by atoms with E-state index in [2.05, 4.69) is 39.1 Å². The van der Waals surface area contributed by atoms with Crippen LogP contribution in [0.25, 0.3) is 0 Å². The van der Waals surface area contributed by atoms with Gasteiger partial charge in [0.25, 0.3) is 0 Å². The molecule has 0 radical (unpaired) electrons. The first-order valence-corrected chi connectivity index (χ1v) is 10.2. The van der Waals surface area contributed by atoms with Crippen LogP contribution < -0.4 is 10.2 Å². The highest BCUT2D eigenvalue weighted by molar-refractivity contribution is 6.03. The number of amides is 2. The van der Waals surface area contributed by atoms with Crippen LogP contribution in [0.1, 0.15) is 63.5 Å². The predicted octanol–water partition coefficient (Wildman–Crippen LogP) is 5.32. The van der Waals surface area contributed by atoms with Crippen LogP contribution in [0.4, 0.5) is 11.4 Å². The molecule has 4 heteroatoms. The Labute approximate surface area is 167 Å². The molecule has 1 aliphatic rings. The third-order valence-electron chi connectivity index (χ3n) is 5.71. The second-order valence-corrected chi connectivity index (χ2v) is 8.04. The van der Waals surface area contributed by atoms with Crippen LogP contribution in [0.3, 0.4) is 0 Å². The van der Waals surface area contributed by atoms with Crippen molar-refractivity contribution in [1.82, 2.24) is 0 Å². The van der Waals surface area contributed by atoms with E-state index in [0.29, 0.717) is 18.4 Å². The van der Waals surface area contributed by atoms with Gasteiger partial charge >= 0.3 is 0 Å². The Kier molecular flexibility index (Phi) is 6.18. The molecule has 0 aliphatic carbocycles. The maximum atomic E-state index is 12.7. The fourth-order valence-electron chi connectivity index (χ4n) is 3.68. The minimum absolute atomic E-state index is 0.0195. The number of hydrogen-bond donors (Lipinski definition) is 1. The third kappa shape index (κ3) is 4.27. The Balaban J connectivity index is 1.71. The Morgan fingerprint density at radius 3 is 2.43 bits per heavy atom. The van der Waals surface area contributed by atoms with Gasteiger partial charge in [-0.05, 0) is 47.6 Å². The Morgan fingerprint density at radius 2 is 1.79 bits per heavy atom. The molecule has 0 spiro atoms. The molecular formula is C24H30N2O2. The van der Waals surface area contributed by atoms with E-state index in [1.165, 1.54) is 11.1 Å². The highest BCUT2D eigenvalue weighted by Gasteiger charge is 2.36. The van der Waals surface area contributed by atoms with Crippen LogP contribution in [0.2, 0.25) is 0 Å². The van der Waals surface area contributed by atoms with Crippen molar-refractivity contribution < 1.29 is 9.59 Å². The SMILES string of the molecule is CC[C@H](C)c1ccccc1N1C[C@H](C(=O)Nc2ccc(C(C)C)cc2)CC1=O. The van der Waals surface area contributed by atoms with Crippen molar-refractivity contribution in [2.45, 2.75) is 52.4 Å². The number of nitrogens with zero attached hydrogens (tertiary/aromatic N) is 1. The Hall–Kier alpha value is -2.62. The summed E-state index contributed by atoms with van der Waals surface area (Å²) in [7, 11) is 0. The molecule has 28 heavy (non-hydrogen) atoms. The smallest absolute Gasteiger partial charge is 0.229 e. The number of hydrogen-bond acceptors (Lipinski definition) is 2. The Morgan fingerprint density at radius 1 is 1.11 bits per heavy atom. The first kappa shape index (κ1) is 20.1. The molecule has 4 nitrogen and oxygen atoms in total. The summed E-state index contributed by atoms with van der Waals surface area (Å²) in [6.07, 6.45) is 1.26. The number of carbonyl (C=O) groups excluding carboxylic acids is 2. The first-order valence-electron chi connectivity index (χ1n) is 10.2. The van der Waals surface area contributed by atoms with E-state index in [0.717, 1.165) is 17.8 Å². The lowest BCUT2D eigenvalue weighted by Gasteiger charge is -2.23. The molecule has 1 N–H and O–H groups in total. The quantitative estimate of drug-likeness (QED) is 0.740. The zero-order valence-electron chi connectivity index (χ0n) is 17.2. The predicted molar refractivity (Wildman–Crippen MR) is 115 cm³/mol. The summed E-state index contributed by atoms with van der Waals surface area (Å²) in [6.45, 7) is 9.04. The lowest BCUT2D eigenvalue weighted by atomic mass is 9.96. The lowest BCUT2D eigenvalue weighted by Crippen LogP contribution is -2.29. The van der Waals surface area contributed by atoms with E-state index < -0.39 is 0 Å². The van der Waals surface area contributed by atoms with E-state index in [9.17, 15) is 9.59 Å². The highest BCUT2D eigenvalue weighted by atomic mass is 16.2. The second-order valence-electron chi connectivity index (χ2n) is 8.04. The summed E-state index contributed by atoms with van der Waals surface area (Å²) in [4.78, 5) is 27.2. The largest absolute Gasteiger partial charge is 0.326 e. The third-order valence-corrected chi connectivity index (χ3v) is 5.71. The van der Waals surface area contributed by atoms with Crippen LogP contribution in [0, 0.1) is 5.92 Å². The van der Waals surface area contributed by atoms with Gasteiger partial charge in [0.2, 0.25) is 11.8 Å². The zero-order chi connectivity index (χ0) is 20.3. The van der Waals surface area contributed by atoms with E-state index >= 15 is 0 Å². The second kappa shape index (κ2) is 8.59. The van der Waals surface area contributed by atoms with Crippen molar-refractivity contribution in [3.8, 4) is 0 Å². The number of anilines is 2. The average molecular weight is 379 g/mol. The minimum atomic E-state index is -0.331. The summed E-state index contributed by atoms with van der Waals surface area (Å²) < 4.78 is 0. The van der Waals surface area contributed by atoms with Gasteiger partial charge < -0.3 is 10.2 Å². The number of benzene rings is 2. The molecule has 1 heterocycles. The minimum Gasteiger partial charge on any atom is -0.326 e. The van der Waals surface area contributed by atoms with Gasteiger partial charge in [0, 0.05) is 24.3 Å². The summed E-state index contributed by atoms with van der Waals surface area (Å²) in [5.74, 6) is 0.426. The van der Waals surface area contributed by atoms with Gasteiger partial charge in [0.05, 0.1) is 5.92 Å². The van der Waals surface area contributed by atoms with Crippen molar-refractivity contribution >= 4 is 23.2 Å². The molecule has 2 amide bonds. The number of carbonyl (C=O) groups is 2. The maximum Gasteiger partial charge on any atom is 0.229 e. The molecule has 3 rings (SSSR count). The zero-order valence-corrected chi connectivity index (χ0v) is 17.2. The summed E-state index contributed by atoms with van der Waals surface area (Å²) >= 11 is 0. The summed E-state index contributed by atoms with van der Waals surface area (Å²) in [5, 5.41) is 2.97. The molecule has 2 aromatic rings. The van der Waals surface area contributed by atoms with Gasteiger partial charge in [-0.15, -0.1) is 0 Å². The fraction of sp³-hybridized carbons (Fsp3) is 0.417. The van der Waals surface area contributed by atoms with Crippen LogP contribution in [-0.4, -0.2) is 18.4 Å². The standard InChI is InChI=1S/C24H30N2O2/c1-5-17(4)21-8-6-7-9-22(21)26-15-19(14-23(26)27)24(28)25-20-12-10-18(11-13-20)16(2)3/h6-13,16-17,19H,5,14-15H2,1-4H3,(H,25,28)/t17-,19+/m0/s1. The van der Waals surface area contributed by atoms with Gasteiger partial charge in [-0.1, -0.05) is 58.0 Å². The topological polar surface area (TPSA) is 49.4 Å². The van der Waals surface area contributed by atoms with Crippen molar-refractivity contribution in [1.29, 1.82) is 0 Å². The molecule has 0 unspecified atom stereocenters. The molecule has 1 saturated heterocycles. The van der Waals surface area contributed by atoms with Crippen LogP contribution >= 0.6 is 0 Å². The van der Waals surface area contributed by atoms with E-state index in [1.54, 1.807) is 4.90 Å². The molecule has 2 aromatic carbocycles. The van der Waals surface area contributed by atoms with Crippen molar-refractivity contribution in [2.24, 2.45) is 5.92 Å². The molecule has 0 aromatic heterocycles. The normalized spacial score (nSPS) is 17.8.